The first-order chi connectivity index (χ1) is 11.9. The lowest BCUT2D eigenvalue weighted by atomic mass is 9.89. The topological polar surface area (TPSA) is 94.8 Å². The average molecular weight is 354 g/mol. The van der Waals surface area contributed by atoms with Gasteiger partial charge in [0, 0.05) is 18.8 Å². The summed E-state index contributed by atoms with van der Waals surface area (Å²) in [6.45, 7) is 2.20. The first-order valence-electron chi connectivity index (χ1n) is 9.76. The molecule has 2 atom stereocenters. The van der Waals surface area contributed by atoms with Crippen LogP contribution in [0.5, 0.6) is 0 Å². The van der Waals surface area contributed by atoms with Crippen LogP contribution in [0.15, 0.2) is 12.2 Å². The summed E-state index contributed by atoms with van der Waals surface area (Å²) in [5.74, 6) is -3.48. The Hall–Kier alpha value is -1.20. The van der Waals surface area contributed by atoms with Crippen molar-refractivity contribution >= 4 is 11.8 Å². The zero-order valence-electron chi connectivity index (χ0n) is 15.5. The molecule has 0 unspecified atom stereocenters. The predicted molar refractivity (Wildman–Crippen MR) is 97.0 cm³/mol. The van der Waals surface area contributed by atoms with Crippen LogP contribution in [-0.2, 0) is 9.59 Å². The van der Waals surface area contributed by atoms with Crippen molar-refractivity contribution in [1.29, 1.82) is 0 Å². The molecule has 0 bridgehead atoms. The third-order valence-electron chi connectivity index (χ3n) is 5.15. The number of aliphatic carboxylic acids is 1. The second kappa shape index (κ2) is 11.4. The highest BCUT2D eigenvalue weighted by Gasteiger charge is 2.33. The summed E-state index contributed by atoms with van der Waals surface area (Å²) >= 11 is 0. The lowest BCUT2D eigenvalue weighted by Gasteiger charge is -2.17. The van der Waals surface area contributed by atoms with Crippen LogP contribution in [0.25, 0.3) is 0 Å². The van der Waals surface area contributed by atoms with E-state index >= 15 is 0 Å². The Balaban J connectivity index is 2.26. The molecule has 0 radical (unpaired) electrons. The van der Waals surface area contributed by atoms with Crippen LogP contribution in [0.1, 0.15) is 84.0 Å². The predicted octanol–water partition coefficient (Wildman–Crippen LogP) is 3.82. The van der Waals surface area contributed by atoms with Gasteiger partial charge in [0.1, 0.15) is 5.78 Å². The number of hydrogen-bond donors (Lipinski definition) is 3. The van der Waals surface area contributed by atoms with Gasteiger partial charge in [-0.25, -0.2) is 4.79 Å². The van der Waals surface area contributed by atoms with Gasteiger partial charge in [0.15, 0.2) is 0 Å². The van der Waals surface area contributed by atoms with E-state index in [0.29, 0.717) is 31.0 Å². The van der Waals surface area contributed by atoms with E-state index in [4.69, 9.17) is 5.11 Å². The van der Waals surface area contributed by atoms with Crippen molar-refractivity contribution in [1.82, 2.24) is 0 Å². The second-order valence-electron chi connectivity index (χ2n) is 7.27. The highest BCUT2D eigenvalue weighted by Crippen LogP contribution is 2.34. The summed E-state index contributed by atoms with van der Waals surface area (Å²) < 4.78 is 0. The second-order valence-corrected chi connectivity index (χ2v) is 7.27. The van der Waals surface area contributed by atoms with Crippen LogP contribution in [0.3, 0.4) is 0 Å². The summed E-state index contributed by atoms with van der Waals surface area (Å²) in [5.41, 5.74) is 0. The Bertz CT molecular complexity index is 441. The average Bonchev–Trinajstić information content (AvgIpc) is 2.90. The molecule has 5 nitrogen and oxygen atoms in total. The number of carboxylic acids is 1. The van der Waals surface area contributed by atoms with Gasteiger partial charge in [-0.3, -0.25) is 4.79 Å². The number of allylic oxidation sites excluding steroid dienone is 2. The van der Waals surface area contributed by atoms with Crippen molar-refractivity contribution in [2.75, 3.05) is 0 Å². The monoisotopic (exact) mass is 354 g/mol. The lowest BCUT2D eigenvalue weighted by molar-refractivity contribution is -0.205. The summed E-state index contributed by atoms with van der Waals surface area (Å²) in [4.78, 5) is 22.7. The minimum Gasteiger partial charge on any atom is -0.477 e. The quantitative estimate of drug-likeness (QED) is 0.265. The van der Waals surface area contributed by atoms with Crippen molar-refractivity contribution in [2.24, 2.45) is 11.8 Å². The largest absolute Gasteiger partial charge is 0.477 e. The fraction of sp³-hybridized carbons (Fsp3) is 0.800. The molecule has 1 rings (SSSR count). The fourth-order valence-corrected chi connectivity index (χ4v) is 3.52. The first kappa shape index (κ1) is 21.8. The van der Waals surface area contributed by atoms with Crippen LogP contribution in [-0.4, -0.2) is 32.9 Å². The molecular weight excluding hydrogens is 320 g/mol. The Morgan fingerprint density at radius 3 is 2.56 bits per heavy atom. The highest BCUT2D eigenvalue weighted by atomic mass is 16.5. The van der Waals surface area contributed by atoms with Crippen LogP contribution in [0.4, 0.5) is 0 Å². The molecule has 1 aliphatic carbocycles. The number of unbranched alkanes of at least 4 members (excludes halogenated alkanes) is 6. The van der Waals surface area contributed by atoms with Crippen molar-refractivity contribution in [3.63, 3.8) is 0 Å². The van der Waals surface area contributed by atoms with Crippen molar-refractivity contribution < 1.29 is 24.9 Å². The standard InChI is InChI=1S/C20H34O5/c1-2-3-4-5-6-8-11-16-13-14-18(21)17(16)12-9-7-10-15-20(24,25)19(22)23/h8,11,16-17,24-25H,2-7,9-10,12-15H2,1H3,(H,22,23)/t16-,17+/m0/s1. The van der Waals surface area contributed by atoms with Gasteiger partial charge in [0.2, 0.25) is 0 Å². The molecule has 0 aliphatic heterocycles. The molecule has 0 aromatic heterocycles. The number of hydrogen-bond acceptors (Lipinski definition) is 4. The van der Waals surface area contributed by atoms with E-state index in [0.717, 1.165) is 25.7 Å². The van der Waals surface area contributed by atoms with E-state index in [-0.39, 0.29) is 12.3 Å². The Kier molecular flexibility index (Phi) is 9.98. The Labute approximate surface area is 151 Å². The zero-order chi connectivity index (χ0) is 18.7. The van der Waals surface area contributed by atoms with E-state index in [1.54, 1.807) is 0 Å². The maximum Gasteiger partial charge on any atom is 0.364 e. The number of carboxylic acid groups (broad SMARTS) is 1. The molecule has 0 saturated heterocycles. The van der Waals surface area contributed by atoms with E-state index in [1.165, 1.54) is 25.7 Å². The number of carbonyl (C=O) groups is 2. The van der Waals surface area contributed by atoms with E-state index in [1.807, 2.05) is 0 Å². The Morgan fingerprint density at radius 2 is 1.88 bits per heavy atom. The molecule has 3 N–H and O–H groups in total. The van der Waals surface area contributed by atoms with Gasteiger partial charge < -0.3 is 15.3 Å². The minimum atomic E-state index is -2.63. The van der Waals surface area contributed by atoms with E-state index in [2.05, 4.69) is 19.1 Å². The number of rotatable bonds is 13. The molecule has 0 aromatic rings. The molecule has 5 heteroatoms. The third kappa shape index (κ3) is 8.15. The molecule has 25 heavy (non-hydrogen) atoms. The summed E-state index contributed by atoms with van der Waals surface area (Å²) in [6, 6.07) is 0. The molecule has 1 aliphatic rings. The van der Waals surface area contributed by atoms with Crippen LogP contribution in [0, 0.1) is 11.8 Å². The first-order valence-corrected chi connectivity index (χ1v) is 9.76. The van der Waals surface area contributed by atoms with Gasteiger partial charge in [-0.05, 0) is 38.0 Å². The minimum absolute atomic E-state index is 0.0828. The molecule has 0 heterocycles. The van der Waals surface area contributed by atoms with Crippen LogP contribution >= 0.6 is 0 Å². The van der Waals surface area contributed by atoms with Crippen molar-refractivity contribution in [3.8, 4) is 0 Å². The molecule has 0 amide bonds. The molecule has 0 aromatic carbocycles. The lowest BCUT2D eigenvalue weighted by Crippen LogP contribution is -2.37. The normalized spacial score (nSPS) is 21.3. The molecule has 1 saturated carbocycles. The highest BCUT2D eigenvalue weighted by molar-refractivity contribution is 5.83. The maximum absolute atomic E-state index is 12.1. The summed E-state index contributed by atoms with van der Waals surface area (Å²) in [5, 5.41) is 27.1. The van der Waals surface area contributed by atoms with Gasteiger partial charge in [-0.2, -0.15) is 0 Å². The number of Topliss-reactive ketones (excluding diaryl/α,β-unsaturated/α-hetero) is 1. The van der Waals surface area contributed by atoms with Gasteiger partial charge in [0.25, 0.3) is 5.79 Å². The summed E-state index contributed by atoms with van der Waals surface area (Å²) in [7, 11) is 0. The van der Waals surface area contributed by atoms with Crippen molar-refractivity contribution in [3.05, 3.63) is 12.2 Å². The molecule has 0 spiro atoms. The summed E-state index contributed by atoms with van der Waals surface area (Å²) in [6.07, 6.45) is 14.7. The third-order valence-corrected chi connectivity index (χ3v) is 5.15. The van der Waals surface area contributed by atoms with Gasteiger partial charge in [-0.1, -0.05) is 51.2 Å². The molecule has 144 valence electrons. The SMILES string of the molecule is CCCCCCC=C[C@H]1CCC(=O)[C@@H]1CCCCCC(O)(O)C(=O)O. The van der Waals surface area contributed by atoms with Crippen LogP contribution in [0.2, 0.25) is 0 Å². The smallest absolute Gasteiger partial charge is 0.364 e. The van der Waals surface area contributed by atoms with Gasteiger partial charge in [-0.15, -0.1) is 0 Å². The number of ketones is 1. The fourth-order valence-electron chi connectivity index (χ4n) is 3.52. The van der Waals surface area contributed by atoms with E-state index < -0.39 is 11.8 Å². The van der Waals surface area contributed by atoms with Crippen molar-refractivity contribution in [2.45, 2.75) is 89.8 Å². The Morgan fingerprint density at radius 1 is 1.16 bits per heavy atom. The molecular formula is C20H34O5. The molecule has 1 fully saturated rings. The van der Waals surface area contributed by atoms with Gasteiger partial charge >= 0.3 is 5.97 Å². The zero-order valence-corrected chi connectivity index (χ0v) is 15.5. The van der Waals surface area contributed by atoms with E-state index in [9.17, 15) is 19.8 Å². The maximum atomic E-state index is 12.1. The number of aliphatic hydroxyl groups is 2. The number of carbonyl (C=O) groups excluding carboxylic acids is 1. The van der Waals surface area contributed by atoms with Gasteiger partial charge in [0.05, 0.1) is 0 Å². The van der Waals surface area contributed by atoms with Crippen LogP contribution < -0.4 is 0 Å².